The minimum atomic E-state index is -0.528. The van der Waals surface area contributed by atoms with Crippen LogP contribution in [-0.4, -0.2) is 35.1 Å². The molecule has 0 radical (unpaired) electrons. The first-order valence-electron chi connectivity index (χ1n) is 11.5. The van der Waals surface area contributed by atoms with Crippen molar-refractivity contribution in [2.75, 3.05) is 6.61 Å². The Labute approximate surface area is 185 Å². The Morgan fingerprint density at radius 1 is 1.35 bits per heavy atom. The van der Waals surface area contributed by atoms with Gasteiger partial charge in [-0.1, -0.05) is 49.9 Å². The van der Waals surface area contributed by atoms with Crippen LogP contribution in [0.2, 0.25) is 0 Å². The number of hydrogen-bond donors (Lipinski definition) is 1. The molecule has 0 unspecified atom stereocenters. The van der Waals surface area contributed by atoms with Gasteiger partial charge in [-0.15, -0.1) is 6.58 Å². The standard InChI is InChI=1S/C26H34N2O3/c1-4-9-21(27-24(29)5-2)15-20-14-18(3)16-26-22(20)12-13-25(30)28(26)23(17-31-26)19-10-7-6-8-11-19/h4-8,10-11,18,20-23H,1-2,9,12-17H2,3H3,(H,27,29)/t18-,20-,21+,22+,23+,26+/m1/s1. The fourth-order valence-corrected chi connectivity index (χ4v) is 6.32. The Balaban J connectivity index is 1.62. The second-order valence-corrected chi connectivity index (χ2v) is 9.47. The van der Waals surface area contributed by atoms with Crippen molar-refractivity contribution in [3.63, 3.8) is 0 Å². The number of hydrogen-bond acceptors (Lipinski definition) is 3. The maximum Gasteiger partial charge on any atom is 0.243 e. The van der Waals surface area contributed by atoms with E-state index >= 15 is 0 Å². The van der Waals surface area contributed by atoms with E-state index in [1.165, 1.54) is 6.08 Å². The second-order valence-electron chi connectivity index (χ2n) is 9.47. The zero-order chi connectivity index (χ0) is 22.0. The van der Waals surface area contributed by atoms with Gasteiger partial charge in [-0.25, -0.2) is 0 Å². The van der Waals surface area contributed by atoms with Crippen LogP contribution in [0.4, 0.5) is 0 Å². The largest absolute Gasteiger partial charge is 0.353 e. The van der Waals surface area contributed by atoms with E-state index in [0.29, 0.717) is 24.9 Å². The molecule has 0 bridgehead atoms. The number of nitrogens with one attached hydrogen (secondary N) is 1. The van der Waals surface area contributed by atoms with E-state index in [1.54, 1.807) is 0 Å². The third-order valence-corrected chi connectivity index (χ3v) is 7.40. The van der Waals surface area contributed by atoms with Gasteiger partial charge in [0.1, 0.15) is 5.72 Å². The predicted molar refractivity (Wildman–Crippen MR) is 121 cm³/mol. The molecule has 5 nitrogen and oxygen atoms in total. The molecule has 3 fully saturated rings. The van der Waals surface area contributed by atoms with Crippen LogP contribution < -0.4 is 5.32 Å². The topological polar surface area (TPSA) is 58.6 Å². The van der Waals surface area contributed by atoms with Gasteiger partial charge in [0.15, 0.2) is 0 Å². The lowest BCUT2D eigenvalue weighted by molar-refractivity contribution is -0.202. The number of rotatable bonds is 7. The Morgan fingerprint density at radius 3 is 2.84 bits per heavy atom. The highest BCUT2D eigenvalue weighted by molar-refractivity contribution is 5.87. The normalized spacial score (nSPS) is 33.2. The summed E-state index contributed by atoms with van der Waals surface area (Å²) < 4.78 is 6.61. The molecule has 1 aromatic rings. The lowest BCUT2D eigenvalue weighted by Crippen LogP contribution is -2.62. The number of carbonyl (C=O) groups is 2. The van der Waals surface area contributed by atoms with Gasteiger partial charge >= 0.3 is 0 Å². The van der Waals surface area contributed by atoms with Crippen molar-refractivity contribution >= 4 is 11.8 Å². The minimum absolute atomic E-state index is 0.0211. The molecule has 1 aliphatic carbocycles. The number of ether oxygens (including phenoxy) is 1. The van der Waals surface area contributed by atoms with Gasteiger partial charge in [0, 0.05) is 18.4 Å². The fraction of sp³-hybridized carbons (Fsp3) is 0.538. The van der Waals surface area contributed by atoms with E-state index in [1.807, 2.05) is 24.3 Å². The van der Waals surface area contributed by atoms with Gasteiger partial charge in [-0.2, -0.15) is 0 Å². The zero-order valence-corrected chi connectivity index (χ0v) is 18.5. The minimum Gasteiger partial charge on any atom is -0.353 e. The molecule has 2 amide bonds. The molecule has 4 rings (SSSR count). The monoisotopic (exact) mass is 422 g/mol. The summed E-state index contributed by atoms with van der Waals surface area (Å²) in [5.41, 5.74) is 0.616. The van der Waals surface area contributed by atoms with Crippen LogP contribution in [0, 0.1) is 17.8 Å². The van der Waals surface area contributed by atoms with Gasteiger partial charge in [0.25, 0.3) is 0 Å². The van der Waals surface area contributed by atoms with Gasteiger partial charge in [0.05, 0.1) is 12.6 Å². The molecule has 1 spiro atoms. The summed E-state index contributed by atoms with van der Waals surface area (Å²) in [6, 6.07) is 10.3. The highest BCUT2D eigenvalue weighted by Crippen LogP contribution is 2.56. The Bertz CT molecular complexity index is 838. The van der Waals surface area contributed by atoms with Crippen molar-refractivity contribution in [2.24, 2.45) is 17.8 Å². The van der Waals surface area contributed by atoms with Gasteiger partial charge in [-0.3, -0.25) is 9.59 Å². The van der Waals surface area contributed by atoms with E-state index in [2.05, 4.69) is 42.4 Å². The van der Waals surface area contributed by atoms with Gasteiger partial charge < -0.3 is 15.0 Å². The molecule has 2 saturated heterocycles. The van der Waals surface area contributed by atoms with Crippen molar-refractivity contribution in [3.8, 4) is 0 Å². The van der Waals surface area contributed by atoms with E-state index in [0.717, 1.165) is 37.7 Å². The molecule has 0 aromatic heterocycles. The van der Waals surface area contributed by atoms with Crippen molar-refractivity contribution < 1.29 is 14.3 Å². The first kappa shape index (κ1) is 21.8. The molecular weight excluding hydrogens is 388 g/mol. The van der Waals surface area contributed by atoms with Crippen LogP contribution >= 0.6 is 0 Å². The van der Waals surface area contributed by atoms with E-state index < -0.39 is 5.72 Å². The number of benzene rings is 1. The first-order chi connectivity index (χ1) is 15.0. The van der Waals surface area contributed by atoms with Crippen LogP contribution in [-0.2, 0) is 14.3 Å². The highest BCUT2D eigenvalue weighted by atomic mass is 16.5. The lowest BCUT2D eigenvalue weighted by Gasteiger charge is -2.55. The highest BCUT2D eigenvalue weighted by Gasteiger charge is 2.61. The summed E-state index contributed by atoms with van der Waals surface area (Å²) in [5, 5.41) is 3.08. The van der Waals surface area contributed by atoms with Gasteiger partial charge in [0.2, 0.25) is 11.8 Å². The van der Waals surface area contributed by atoms with E-state index in [9.17, 15) is 9.59 Å². The van der Waals surface area contributed by atoms with Crippen LogP contribution in [0.3, 0.4) is 0 Å². The molecule has 6 atom stereocenters. The number of piperidine rings is 1. The summed E-state index contributed by atoms with van der Waals surface area (Å²) in [4.78, 5) is 27.3. The summed E-state index contributed by atoms with van der Waals surface area (Å²) in [6.45, 7) is 10.3. The summed E-state index contributed by atoms with van der Waals surface area (Å²) in [6.07, 6.45) is 8.17. The molecule has 1 aromatic carbocycles. The molecule has 5 heteroatoms. The van der Waals surface area contributed by atoms with Gasteiger partial charge in [-0.05, 0) is 55.6 Å². The molecule has 2 heterocycles. The summed E-state index contributed by atoms with van der Waals surface area (Å²) in [7, 11) is 0. The van der Waals surface area contributed by atoms with Crippen LogP contribution in [0.15, 0.2) is 55.6 Å². The average molecular weight is 423 g/mol. The third-order valence-electron chi connectivity index (χ3n) is 7.40. The predicted octanol–water partition coefficient (Wildman–Crippen LogP) is 4.38. The smallest absolute Gasteiger partial charge is 0.243 e. The van der Waals surface area contributed by atoms with E-state index in [4.69, 9.17) is 4.74 Å². The van der Waals surface area contributed by atoms with Crippen LogP contribution in [0.1, 0.15) is 57.1 Å². The molecule has 1 N–H and O–H groups in total. The number of amides is 2. The van der Waals surface area contributed by atoms with Crippen molar-refractivity contribution in [3.05, 3.63) is 61.2 Å². The zero-order valence-electron chi connectivity index (χ0n) is 18.5. The Morgan fingerprint density at radius 2 is 2.13 bits per heavy atom. The Kier molecular flexibility index (Phi) is 6.33. The average Bonchev–Trinajstić information content (AvgIpc) is 3.14. The summed E-state index contributed by atoms with van der Waals surface area (Å²) in [5.74, 6) is 1.17. The quantitative estimate of drug-likeness (QED) is 0.524. The lowest BCUT2D eigenvalue weighted by atomic mass is 9.63. The van der Waals surface area contributed by atoms with E-state index in [-0.39, 0.29) is 29.8 Å². The fourth-order valence-electron chi connectivity index (χ4n) is 6.32. The van der Waals surface area contributed by atoms with Crippen molar-refractivity contribution in [2.45, 2.75) is 63.3 Å². The number of carbonyl (C=O) groups excluding carboxylic acids is 2. The summed E-state index contributed by atoms with van der Waals surface area (Å²) >= 11 is 0. The maximum absolute atomic E-state index is 13.2. The van der Waals surface area contributed by atoms with Crippen LogP contribution in [0.5, 0.6) is 0 Å². The molecule has 3 aliphatic rings. The second kappa shape index (κ2) is 8.99. The molecule has 166 valence electrons. The molecule has 1 saturated carbocycles. The first-order valence-corrected chi connectivity index (χ1v) is 11.5. The number of nitrogens with zero attached hydrogens (tertiary/aromatic N) is 1. The molecular formula is C26H34N2O3. The van der Waals surface area contributed by atoms with Crippen molar-refractivity contribution in [1.29, 1.82) is 0 Å². The third kappa shape index (κ3) is 4.08. The maximum atomic E-state index is 13.2. The molecule has 2 aliphatic heterocycles. The van der Waals surface area contributed by atoms with Crippen LogP contribution in [0.25, 0.3) is 0 Å². The molecule has 31 heavy (non-hydrogen) atoms. The Hall–Kier alpha value is -2.40. The SMILES string of the molecule is C=CC[C@@H](C[C@H]1C[C@@H](C)C[C@@]23OC[C@@H](c4ccccc4)N2C(=O)CC[C@@H]13)NC(=O)C=C. The van der Waals surface area contributed by atoms with Crippen molar-refractivity contribution in [1.82, 2.24) is 10.2 Å².